The highest BCUT2D eigenvalue weighted by Crippen LogP contribution is 2.33. The van der Waals surface area contributed by atoms with E-state index in [9.17, 15) is 14.7 Å². The third-order valence-corrected chi connectivity index (χ3v) is 5.35. The highest BCUT2D eigenvalue weighted by atomic mass is 32.1. The fraction of sp³-hybridized carbons (Fsp3) is 0.412. The first kappa shape index (κ1) is 16.7. The lowest BCUT2D eigenvalue weighted by molar-refractivity contribution is -0.155. The molecule has 0 radical (unpaired) electrons. The molecule has 128 valence electrons. The molecular formula is C17H20N2O4S. The largest absolute Gasteiger partial charge is 0.481 e. The summed E-state index contributed by atoms with van der Waals surface area (Å²) in [5, 5.41) is 11.5. The van der Waals surface area contributed by atoms with E-state index in [1.165, 1.54) is 18.4 Å². The van der Waals surface area contributed by atoms with Gasteiger partial charge in [0.25, 0.3) is 5.91 Å². The number of carboxylic acids is 1. The lowest BCUT2D eigenvalue weighted by atomic mass is 9.80. The van der Waals surface area contributed by atoms with E-state index in [1.807, 2.05) is 40.5 Å². The predicted octanol–water partition coefficient (Wildman–Crippen LogP) is 2.49. The van der Waals surface area contributed by atoms with E-state index < -0.39 is 11.4 Å². The molecule has 1 atom stereocenters. The zero-order valence-electron chi connectivity index (χ0n) is 13.5. The van der Waals surface area contributed by atoms with Crippen LogP contribution in [0, 0.1) is 5.41 Å². The Morgan fingerprint density at radius 2 is 2.12 bits per heavy atom. The Labute approximate surface area is 144 Å². The molecule has 0 aliphatic carbocycles. The van der Waals surface area contributed by atoms with Gasteiger partial charge in [0.1, 0.15) is 10.3 Å². The average molecular weight is 348 g/mol. The van der Waals surface area contributed by atoms with Gasteiger partial charge in [-0.2, -0.15) is 0 Å². The molecular weight excluding hydrogens is 328 g/mol. The molecule has 7 heteroatoms. The maximum absolute atomic E-state index is 13.0. The van der Waals surface area contributed by atoms with Crippen molar-refractivity contribution in [3.05, 3.63) is 40.8 Å². The molecule has 1 aliphatic heterocycles. The van der Waals surface area contributed by atoms with E-state index in [-0.39, 0.29) is 19.1 Å². The van der Waals surface area contributed by atoms with Gasteiger partial charge in [-0.05, 0) is 36.4 Å². The molecule has 24 heavy (non-hydrogen) atoms. The Morgan fingerprint density at radius 3 is 2.79 bits per heavy atom. The third kappa shape index (κ3) is 2.97. The number of nitrogens with zero attached hydrogens (tertiary/aromatic N) is 2. The summed E-state index contributed by atoms with van der Waals surface area (Å²) in [5.74, 6) is -1.02. The van der Waals surface area contributed by atoms with Crippen LogP contribution in [-0.4, -0.2) is 53.3 Å². The predicted molar refractivity (Wildman–Crippen MR) is 90.7 cm³/mol. The molecule has 6 nitrogen and oxygen atoms in total. The summed E-state index contributed by atoms with van der Waals surface area (Å²) >= 11 is 1.38. The van der Waals surface area contributed by atoms with Gasteiger partial charge in [-0.25, -0.2) is 0 Å². The van der Waals surface area contributed by atoms with E-state index in [4.69, 9.17) is 4.74 Å². The highest BCUT2D eigenvalue weighted by Gasteiger charge is 2.44. The minimum Gasteiger partial charge on any atom is -0.481 e. The van der Waals surface area contributed by atoms with E-state index >= 15 is 0 Å². The van der Waals surface area contributed by atoms with E-state index in [2.05, 4.69) is 0 Å². The molecule has 1 saturated heterocycles. The van der Waals surface area contributed by atoms with Crippen LogP contribution < -0.4 is 0 Å². The Bertz CT molecular complexity index is 721. The second-order valence-corrected chi connectivity index (χ2v) is 6.99. The first-order chi connectivity index (χ1) is 11.6. The number of aromatic nitrogens is 1. The number of ether oxygens (including phenoxy) is 1. The summed E-state index contributed by atoms with van der Waals surface area (Å²) in [7, 11) is 1.49. The number of hydrogen-bond donors (Lipinski definition) is 1. The van der Waals surface area contributed by atoms with Crippen molar-refractivity contribution in [2.75, 3.05) is 26.8 Å². The van der Waals surface area contributed by atoms with Gasteiger partial charge >= 0.3 is 5.97 Å². The van der Waals surface area contributed by atoms with Crippen LogP contribution in [0.15, 0.2) is 36.0 Å². The van der Waals surface area contributed by atoms with Crippen molar-refractivity contribution >= 4 is 23.2 Å². The van der Waals surface area contributed by atoms with Crippen molar-refractivity contribution in [1.29, 1.82) is 0 Å². The zero-order chi connectivity index (χ0) is 17.2. The Hall–Kier alpha value is -2.12. The fourth-order valence-electron chi connectivity index (χ4n) is 3.24. The standard InChI is InChI=1S/C17H20N2O4S/c1-23-12-17(16(21)22)6-4-9-19(11-17)15(20)14-13(5-10-24-14)18-7-2-3-8-18/h2-3,5,7-8,10H,4,6,9,11-12H2,1H3,(H,21,22). The molecule has 3 rings (SSSR count). The minimum absolute atomic E-state index is 0.112. The van der Waals surface area contributed by atoms with Crippen LogP contribution in [0.5, 0.6) is 0 Å². The maximum Gasteiger partial charge on any atom is 0.313 e. The van der Waals surface area contributed by atoms with Crippen LogP contribution in [0.2, 0.25) is 0 Å². The summed E-state index contributed by atoms with van der Waals surface area (Å²) in [6.45, 7) is 0.861. The lowest BCUT2D eigenvalue weighted by Crippen LogP contribution is -2.52. The van der Waals surface area contributed by atoms with Crippen LogP contribution in [-0.2, 0) is 9.53 Å². The number of aliphatic carboxylic acids is 1. The summed E-state index contributed by atoms with van der Waals surface area (Å²) in [4.78, 5) is 27.0. The molecule has 0 saturated carbocycles. The molecule has 2 aromatic heterocycles. The average Bonchev–Trinajstić information content (AvgIpc) is 3.25. The molecule has 1 fully saturated rings. The molecule has 3 heterocycles. The number of carbonyl (C=O) groups is 2. The van der Waals surface area contributed by atoms with E-state index in [0.717, 1.165) is 5.69 Å². The van der Waals surface area contributed by atoms with Crippen molar-refractivity contribution in [1.82, 2.24) is 9.47 Å². The monoisotopic (exact) mass is 348 g/mol. The highest BCUT2D eigenvalue weighted by molar-refractivity contribution is 7.12. The van der Waals surface area contributed by atoms with Crippen molar-refractivity contribution in [2.45, 2.75) is 12.8 Å². The van der Waals surface area contributed by atoms with Gasteiger partial charge in [-0.3, -0.25) is 9.59 Å². The number of carboxylic acid groups (broad SMARTS) is 1. The molecule has 0 aromatic carbocycles. The van der Waals surface area contributed by atoms with Crippen molar-refractivity contribution < 1.29 is 19.4 Å². The normalized spacial score (nSPS) is 21.0. The minimum atomic E-state index is -1.02. The van der Waals surface area contributed by atoms with Crippen LogP contribution in [0.1, 0.15) is 22.5 Å². The number of piperidine rings is 1. The van der Waals surface area contributed by atoms with Crippen LogP contribution >= 0.6 is 11.3 Å². The van der Waals surface area contributed by atoms with Gasteiger partial charge in [0.15, 0.2) is 0 Å². The topological polar surface area (TPSA) is 71.8 Å². The number of carbonyl (C=O) groups excluding carboxylic acids is 1. The molecule has 2 aromatic rings. The first-order valence-electron chi connectivity index (χ1n) is 7.80. The third-order valence-electron chi connectivity index (χ3n) is 4.46. The summed E-state index contributed by atoms with van der Waals surface area (Å²) in [6.07, 6.45) is 4.96. The first-order valence-corrected chi connectivity index (χ1v) is 8.68. The maximum atomic E-state index is 13.0. The molecule has 1 aliphatic rings. The van der Waals surface area contributed by atoms with Crippen molar-refractivity contribution in [3.63, 3.8) is 0 Å². The van der Waals surface area contributed by atoms with Gasteiger partial charge in [-0.1, -0.05) is 0 Å². The van der Waals surface area contributed by atoms with E-state index in [0.29, 0.717) is 24.3 Å². The van der Waals surface area contributed by atoms with Crippen molar-refractivity contribution in [2.24, 2.45) is 5.41 Å². The second-order valence-electron chi connectivity index (χ2n) is 6.07. The Morgan fingerprint density at radius 1 is 1.38 bits per heavy atom. The molecule has 0 bridgehead atoms. The van der Waals surface area contributed by atoms with Crippen LogP contribution in [0.3, 0.4) is 0 Å². The summed E-state index contributed by atoms with van der Waals surface area (Å²) in [5.41, 5.74) is -0.193. The molecule has 0 spiro atoms. The van der Waals surface area contributed by atoms with E-state index in [1.54, 1.807) is 4.90 Å². The lowest BCUT2D eigenvalue weighted by Gasteiger charge is -2.39. The quantitative estimate of drug-likeness (QED) is 0.901. The van der Waals surface area contributed by atoms with Gasteiger partial charge in [0.05, 0.1) is 12.3 Å². The molecule has 1 amide bonds. The van der Waals surface area contributed by atoms with Gasteiger partial charge in [0, 0.05) is 32.6 Å². The van der Waals surface area contributed by atoms with Crippen molar-refractivity contribution in [3.8, 4) is 5.69 Å². The number of methoxy groups -OCH3 is 1. The zero-order valence-corrected chi connectivity index (χ0v) is 14.3. The smallest absolute Gasteiger partial charge is 0.313 e. The van der Waals surface area contributed by atoms with Gasteiger partial charge in [0.2, 0.25) is 0 Å². The number of likely N-dealkylation sites (tertiary alicyclic amines) is 1. The number of thiophene rings is 1. The summed E-state index contributed by atoms with van der Waals surface area (Å²) < 4.78 is 7.02. The Balaban J connectivity index is 1.86. The molecule has 1 unspecified atom stereocenters. The van der Waals surface area contributed by atoms with Crippen LogP contribution in [0.25, 0.3) is 5.69 Å². The number of hydrogen-bond acceptors (Lipinski definition) is 4. The molecule has 1 N–H and O–H groups in total. The number of amides is 1. The SMILES string of the molecule is COCC1(C(=O)O)CCCN(C(=O)c2sccc2-n2cccc2)C1. The van der Waals surface area contributed by atoms with Crippen LogP contribution in [0.4, 0.5) is 0 Å². The second kappa shape index (κ2) is 6.78. The summed E-state index contributed by atoms with van der Waals surface area (Å²) in [6, 6.07) is 5.71. The van der Waals surface area contributed by atoms with Gasteiger partial charge < -0.3 is 19.3 Å². The Kier molecular flexibility index (Phi) is 4.73. The number of rotatable bonds is 5. The fourth-order valence-corrected chi connectivity index (χ4v) is 4.10. The van der Waals surface area contributed by atoms with Gasteiger partial charge in [-0.15, -0.1) is 11.3 Å².